The lowest BCUT2D eigenvalue weighted by atomic mass is 10.2. The molecule has 0 spiro atoms. The second-order valence-electron chi connectivity index (χ2n) is 8.13. The molecule has 0 amide bonds. The summed E-state index contributed by atoms with van der Waals surface area (Å²) in [7, 11) is 0. The van der Waals surface area contributed by atoms with Crippen LogP contribution in [-0.2, 0) is 17.8 Å². The van der Waals surface area contributed by atoms with Gasteiger partial charge in [0.2, 0.25) is 0 Å². The zero-order valence-corrected chi connectivity index (χ0v) is 18.0. The van der Waals surface area contributed by atoms with E-state index >= 15 is 0 Å². The summed E-state index contributed by atoms with van der Waals surface area (Å²) in [5, 5.41) is 1.17. The van der Waals surface area contributed by atoms with Gasteiger partial charge in [-0.3, -0.25) is 9.36 Å². The van der Waals surface area contributed by atoms with Crippen molar-refractivity contribution in [1.82, 2.24) is 24.1 Å². The van der Waals surface area contributed by atoms with Crippen molar-refractivity contribution in [3.63, 3.8) is 0 Å². The minimum Gasteiger partial charge on any atom is -0.376 e. The van der Waals surface area contributed by atoms with Gasteiger partial charge in [-0.05, 0) is 42.7 Å². The molecule has 3 aromatic heterocycles. The normalized spacial score (nSPS) is 16.5. The van der Waals surface area contributed by atoms with Gasteiger partial charge in [0.1, 0.15) is 10.9 Å². The van der Waals surface area contributed by atoms with Crippen molar-refractivity contribution in [2.24, 2.45) is 0 Å². The van der Waals surface area contributed by atoms with Gasteiger partial charge in [0.25, 0.3) is 5.56 Å². The Kier molecular flexibility index (Phi) is 4.66. The highest BCUT2D eigenvalue weighted by molar-refractivity contribution is 6.30. The molecule has 0 radical (unpaired) electrons. The highest BCUT2D eigenvalue weighted by Crippen LogP contribution is 2.26. The van der Waals surface area contributed by atoms with Gasteiger partial charge >= 0.3 is 0 Å². The van der Waals surface area contributed by atoms with Crippen LogP contribution in [0.5, 0.6) is 0 Å². The fourth-order valence-electron chi connectivity index (χ4n) is 4.40. The topological polar surface area (TPSA) is 74.8 Å². The van der Waals surface area contributed by atoms with E-state index in [1.54, 1.807) is 10.9 Å². The van der Waals surface area contributed by atoms with Crippen molar-refractivity contribution < 1.29 is 4.74 Å². The lowest BCUT2D eigenvalue weighted by molar-refractivity contribution is 0.0960. The molecule has 1 saturated heterocycles. The maximum atomic E-state index is 13.5. The molecule has 1 atom stereocenters. The summed E-state index contributed by atoms with van der Waals surface area (Å²) in [4.78, 5) is 27.9. The lowest BCUT2D eigenvalue weighted by Crippen LogP contribution is -2.26. The van der Waals surface area contributed by atoms with Gasteiger partial charge in [-0.15, -0.1) is 0 Å². The molecule has 160 valence electrons. The first kappa shape index (κ1) is 19.4. The molecule has 0 aliphatic carbocycles. The van der Waals surface area contributed by atoms with E-state index in [1.807, 2.05) is 53.1 Å². The smallest absolute Gasteiger partial charge is 0.265 e. The third-order valence-electron chi connectivity index (χ3n) is 6.00. The van der Waals surface area contributed by atoms with Gasteiger partial charge < -0.3 is 9.30 Å². The third-order valence-corrected chi connectivity index (χ3v) is 6.25. The van der Waals surface area contributed by atoms with E-state index in [2.05, 4.69) is 4.98 Å². The zero-order chi connectivity index (χ0) is 21.7. The summed E-state index contributed by atoms with van der Waals surface area (Å²) in [6.45, 7) is 1.74. The lowest BCUT2D eigenvalue weighted by Gasteiger charge is -2.11. The molecule has 1 fully saturated rings. The number of nitrogens with zero attached hydrogens (tertiary/aromatic N) is 5. The number of hydrogen-bond acceptors (Lipinski definition) is 5. The van der Waals surface area contributed by atoms with Gasteiger partial charge in [0.15, 0.2) is 11.3 Å². The number of para-hydroxylation sites is 2. The standard InChI is InChI=1S/C24H20ClN5O2/c25-16-9-7-15(8-10-16)12-30-22-20(21-23(30)28-19-6-2-1-5-18(19)27-21)24(31)29(14-26-22)13-17-4-3-11-32-17/h1-2,5-10,14,17H,3-4,11-13H2. The van der Waals surface area contributed by atoms with Crippen LogP contribution in [0.3, 0.4) is 0 Å². The SMILES string of the molecule is O=c1c2c3nc4ccccc4nc3n(Cc3ccc(Cl)cc3)c2ncn1CC1CCCO1. The van der Waals surface area contributed by atoms with Gasteiger partial charge in [-0.2, -0.15) is 0 Å². The quantitative estimate of drug-likeness (QED) is 0.415. The summed E-state index contributed by atoms with van der Waals surface area (Å²) in [6.07, 6.45) is 3.63. The summed E-state index contributed by atoms with van der Waals surface area (Å²) in [5.41, 5.74) is 4.25. The summed E-state index contributed by atoms with van der Waals surface area (Å²) < 4.78 is 9.34. The first-order valence-corrected chi connectivity index (χ1v) is 11.1. The Morgan fingerprint density at radius 2 is 1.81 bits per heavy atom. The van der Waals surface area contributed by atoms with Crippen molar-refractivity contribution in [2.45, 2.75) is 32.0 Å². The predicted molar refractivity (Wildman–Crippen MR) is 124 cm³/mol. The number of halogens is 1. The average Bonchev–Trinajstić information content (AvgIpc) is 3.42. The molecule has 8 heteroatoms. The van der Waals surface area contributed by atoms with Crippen LogP contribution in [0.1, 0.15) is 18.4 Å². The Balaban J connectivity index is 1.59. The van der Waals surface area contributed by atoms with E-state index in [4.69, 9.17) is 26.3 Å². The molecule has 7 nitrogen and oxygen atoms in total. The van der Waals surface area contributed by atoms with E-state index in [0.717, 1.165) is 36.0 Å². The number of hydrogen-bond donors (Lipinski definition) is 0. The fourth-order valence-corrected chi connectivity index (χ4v) is 4.53. The van der Waals surface area contributed by atoms with Gasteiger partial charge in [0.05, 0.1) is 36.6 Å². The van der Waals surface area contributed by atoms with Crippen LogP contribution in [0, 0.1) is 0 Å². The number of aromatic nitrogens is 5. The van der Waals surface area contributed by atoms with Crippen molar-refractivity contribution >= 4 is 44.8 Å². The van der Waals surface area contributed by atoms with Gasteiger partial charge in [-0.1, -0.05) is 35.9 Å². The molecule has 0 bridgehead atoms. The molecular formula is C24H20ClN5O2. The van der Waals surface area contributed by atoms with Crippen LogP contribution >= 0.6 is 11.6 Å². The number of benzene rings is 2. The van der Waals surface area contributed by atoms with Gasteiger partial charge in [0, 0.05) is 11.6 Å². The Hall–Kier alpha value is -3.29. The fraction of sp³-hybridized carbons (Fsp3) is 0.250. The van der Waals surface area contributed by atoms with Crippen LogP contribution in [0.25, 0.3) is 33.2 Å². The molecule has 2 aromatic carbocycles. The second-order valence-corrected chi connectivity index (χ2v) is 8.57. The Morgan fingerprint density at radius 1 is 1.03 bits per heavy atom. The monoisotopic (exact) mass is 445 g/mol. The van der Waals surface area contributed by atoms with Crippen molar-refractivity contribution in [3.8, 4) is 0 Å². The number of fused-ring (bicyclic) bond motifs is 4. The van der Waals surface area contributed by atoms with Crippen molar-refractivity contribution in [3.05, 3.63) is 75.8 Å². The summed E-state index contributed by atoms with van der Waals surface area (Å²) in [6, 6.07) is 15.3. The first-order chi connectivity index (χ1) is 15.7. The minimum atomic E-state index is -0.116. The average molecular weight is 446 g/mol. The molecule has 1 aliphatic rings. The molecule has 1 aliphatic heterocycles. The first-order valence-electron chi connectivity index (χ1n) is 10.7. The molecule has 5 aromatic rings. The second kappa shape index (κ2) is 7.69. The molecule has 6 rings (SSSR count). The molecule has 1 unspecified atom stereocenters. The maximum Gasteiger partial charge on any atom is 0.265 e. The van der Waals surface area contributed by atoms with Crippen LogP contribution in [-0.4, -0.2) is 36.8 Å². The van der Waals surface area contributed by atoms with Crippen LogP contribution in [0.4, 0.5) is 0 Å². The van der Waals surface area contributed by atoms with E-state index in [-0.39, 0.29) is 11.7 Å². The highest BCUT2D eigenvalue weighted by atomic mass is 35.5. The van der Waals surface area contributed by atoms with Crippen LogP contribution in [0.15, 0.2) is 59.7 Å². The van der Waals surface area contributed by atoms with Crippen molar-refractivity contribution in [1.29, 1.82) is 0 Å². The Morgan fingerprint density at radius 3 is 2.56 bits per heavy atom. The predicted octanol–water partition coefficient (Wildman–Crippen LogP) is 4.18. The van der Waals surface area contributed by atoms with E-state index < -0.39 is 0 Å². The third kappa shape index (κ3) is 3.25. The molecular weight excluding hydrogens is 426 g/mol. The Labute approximate surface area is 188 Å². The van der Waals surface area contributed by atoms with Crippen LogP contribution < -0.4 is 5.56 Å². The maximum absolute atomic E-state index is 13.5. The van der Waals surface area contributed by atoms with Crippen molar-refractivity contribution in [2.75, 3.05) is 6.61 Å². The van der Waals surface area contributed by atoms with E-state index in [1.165, 1.54) is 0 Å². The summed E-state index contributed by atoms with van der Waals surface area (Å²) in [5.74, 6) is 0. The highest BCUT2D eigenvalue weighted by Gasteiger charge is 2.22. The van der Waals surface area contributed by atoms with E-state index in [9.17, 15) is 4.79 Å². The number of ether oxygens (including phenoxy) is 1. The van der Waals surface area contributed by atoms with E-state index in [0.29, 0.717) is 40.3 Å². The van der Waals surface area contributed by atoms with Gasteiger partial charge in [-0.25, -0.2) is 15.0 Å². The minimum absolute atomic E-state index is 0.0429. The Bertz CT molecular complexity index is 1520. The summed E-state index contributed by atoms with van der Waals surface area (Å²) >= 11 is 6.06. The molecule has 0 saturated carbocycles. The molecule has 0 N–H and O–H groups in total. The molecule has 4 heterocycles. The van der Waals surface area contributed by atoms with Crippen LogP contribution in [0.2, 0.25) is 5.02 Å². The zero-order valence-electron chi connectivity index (χ0n) is 17.2. The largest absolute Gasteiger partial charge is 0.376 e. The molecule has 32 heavy (non-hydrogen) atoms. The number of rotatable bonds is 4.